The zero-order valence-electron chi connectivity index (χ0n) is 8.64. The fourth-order valence-corrected chi connectivity index (χ4v) is 1.91. The van der Waals surface area contributed by atoms with Crippen molar-refractivity contribution in [1.82, 2.24) is 4.98 Å². The highest BCUT2D eigenvalue weighted by atomic mass is 16.1. The van der Waals surface area contributed by atoms with Crippen molar-refractivity contribution >= 4 is 10.9 Å². The first-order valence-electron chi connectivity index (χ1n) is 4.69. The number of H-pyrrole nitrogens is 1. The lowest BCUT2D eigenvalue weighted by Crippen LogP contribution is -2.04. The summed E-state index contributed by atoms with van der Waals surface area (Å²) < 4.78 is 0. The number of aromatic nitrogens is 1. The molecule has 0 saturated carbocycles. The molecule has 2 heteroatoms. The molecule has 0 radical (unpaired) electrons. The lowest BCUT2D eigenvalue weighted by Gasteiger charge is -2.04. The van der Waals surface area contributed by atoms with E-state index >= 15 is 0 Å². The van der Waals surface area contributed by atoms with Gasteiger partial charge >= 0.3 is 0 Å². The molecule has 0 fully saturated rings. The zero-order valence-corrected chi connectivity index (χ0v) is 8.64. The van der Waals surface area contributed by atoms with E-state index in [4.69, 9.17) is 0 Å². The van der Waals surface area contributed by atoms with E-state index in [1.807, 2.05) is 32.9 Å². The highest BCUT2D eigenvalue weighted by molar-refractivity contribution is 5.82. The van der Waals surface area contributed by atoms with Crippen LogP contribution >= 0.6 is 0 Å². The number of benzene rings is 1. The standard InChI is InChI=1S/C12H13NO/c1-7-4-8(2)12-10(5-7)13-9(3)6-11(12)14/h4-6H,1-3H3,(H,13,14). The van der Waals surface area contributed by atoms with Gasteiger partial charge in [-0.3, -0.25) is 4.79 Å². The molecule has 14 heavy (non-hydrogen) atoms. The Balaban J connectivity index is 3.02. The van der Waals surface area contributed by atoms with Gasteiger partial charge in [-0.05, 0) is 38.0 Å². The van der Waals surface area contributed by atoms with E-state index in [1.165, 1.54) is 5.56 Å². The van der Waals surface area contributed by atoms with Crippen LogP contribution in [-0.2, 0) is 0 Å². The Morgan fingerprint density at radius 2 is 1.79 bits per heavy atom. The van der Waals surface area contributed by atoms with Crippen molar-refractivity contribution in [3.05, 3.63) is 45.2 Å². The van der Waals surface area contributed by atoms with Crippen LogP contribution in [0, 0.1) is 20.8 Å². The Hall–Kier alpha value is -1.57. The third-order valence-corrected chi connectivity index (χ3v) is 2.41. The van der Waals surface area contributed by atoms with Crippen molar-refractivity contribution in [3.63, 3.8) is 0 Å². The second-order valence-corrected chi connectivity index (χ2v) is 3.82. The molecule has 0 spiro atoms. The molecule has 1 aromatic heterocycles. The van der Waals surface area contributed by atoms with Crippen LogP contribution in [0.5, 0.6) is 0 Å². The molecule has 0 aliphatic carbocycles. The largest absolute Gasteiger partial charge is 0.358 e. The van der Waals surface area contributed by atoms with Gasteiger partial charge in [-0.2, -0.15) is 0 Å². The van der Waals surface area contributed by atoms with Crippen LogP contribution in [0.1, 0.15) is 16.8 Å². The molecule has 2 rings (SSSR count). The van der Waals surface area contributed by atoms with Crippen LogP contribution in [-0.4, -0.2) is 4.98 Å². The van der Waals surface area contributed by atoms with Crippen LogP contribution < -0.4 is 5.43 Å². The molecule has 0 aliphatic rings. The fourth-order valence-electron chi connectivity index (χ4n) is 1.91. The summed E-state index contributed by atoms with van der Waals surface area (Å²) in [5.41, 5.74) is 4.17. The van der Waals surface area contributed by atoms with E-state index in [-0.39, 0.29) is 5.43 Å². The summed E-state index contributed by atoms with van der Waals surface area (Å²) >= 11 is 0. The summed E-state index contributed by atoms with van der Waals surface area (Å²) in [5, 5.41) is 0.807. The number of rotatable bonds is 0. The van der Waals surface area contributed by atoms with Crippen molar-refractivity contribution in [2.24, 2.45) is 0 Å². The maximum atomic E-state index is 11.7. The van der Waals surface area contributed by atoms with E-state index in [0.29, 0.717) is 0 Å². The summed E-state index contributed by atoms with van der Waals surface area (Å²) in [6.07, 6.45) is 0. The van der Waals surface area contributed by atoms with Gasteiger partial charge in [0.15, 0.2) is 5.43 Å². The van der Waals surface area contributed by atoms with E-state index < -0.39 is 0 Å². The molecule has 0 amide bonds. The van der Waals surface area contributed by atoms with Crippen molar-refractivity contribution < 1.29 is 0 Å². The molecule has 72 valence electrons. The van der Waals surface area contributed by atoms with Gasteiger partial charge in [0, 0.05) is 22.7 Å². The number of pyridine rings is 1. The maximum Gasteiger partial charge on any atom is 0.189 e. The fraction of sp³-hybridized carbons (Fsp3) is 0.250. The van der Waals surface area contributed by atoms with Crippen LogP contribution in [0.15, 0.2) is 23.0 Å². The predicted molar refractivity (Wildman–Crippen MR) is 58.8 cm³/mol. The Labute approximate surface area is 82.6 Å². The van der Waals surface area contributed by atoms with E-state index in [1.54, 1.807) is 6.07 Å². The normalized spacial score (nSPS) is 10.8. The Bertz CT molecular complexity index is 547. The lowest BCUT2D eigenvalue weighted by atomic mass is 10.1. The molecule has 1 heterocycles. The monoisotopic (exact) mass is 187 g/mol. The number of aryl methyl sites for hydroxylation is 3. The third-order valence-electron chi connectivity index (χ3n) is 2.41. The number of fused-ring (bicyclic) bond motifs is 1. The molecule has 1 N–H and O–H groups in total. The molecule has 1 aromatic carbocycles. The van der Waals surface area contributed by atoms with Crippen molar-refractivity contribution in [2.45, 2.75) is 20.8 Å². The van der Waals surface area contributed by atoms with Crippen molar-refractivity contribution in [3.8, 4) is 0 Å². The maximum absolute atomic E-state index is 11.7. The Morgan fingerprint density at radius 1 is 1.07 bits per heavy atom. The first kappa shape index (κ1) is 9.00. The number of nitrogens with one attached hydrogen (secondary N) is 1. The Morgan fingerprint density at radius 3 is 2.50 bits per heavy atom. The minimum absolute atomic E-state index is 0.105. The molecular weight excluding hydrogens is 174 g/mol. The first-order valence-corrected chi connectivity index (χ1v) is 4.69. The molecule has 0 saturated heterocycles. The van der Waals surface area contributed by atoms with Gasteiger partial charge in [-0.15, -0.1) is 0 Å². The average molecular weight is 187 g/mol. The molecule has 2 aromatic rings. The van der Waals surface area contributed by atoms with Gasteiger partial charge in [-0.1, -0.05) is 6.07 Å². The quantitative estimate of drug-likeness (QED) is 0.675. The molecule has 0 bridgehead atoms. The summed E-state index contributed by atoms with van der Waals surface area (Å²) in [5.74, 6) is 0. The second kappa shape index (κ2) is 2.98. The van der Waals surface area contributed by atoms with Crippen LogP contribution in [0.4, 0.5) is 0 Å². The minimum atomic E-state index is 0.105. The molecular formula is C12H13NO. The second-order valence-electron chi connectivity index (χ2n) is 3.82. The van der Waals surface area contributed by atoms with Gasteiger partial charge in [0.05, 0.1) is 0 Å². The summed E-state index contributed by atoms with van der Waals surface area (Å²) in [7, 11) is 0. The molecule has 2 nitrogen and oxygen atoms in total. The Kier molecular flexibility index (Phi) is 1.92. The van der Waals surface area contributed by atoms with E-state index in [0.717, 1.165) is 22.2 Å². The third kappa shape index (κ3) is 1.33. The number of hydrogen-bond acceptors (Lipinski definition) is 1. The molecule has 0 aliphatic heterocycles. The van der Waals surface area contributed by atoms with Crippen LogP contribution in [0.25, 0.3) is 10.9 Å². The smallest absolute Gasteiger partial charge is 0.189 e. The number of aromatic amines is 1. The zero-order chi connectivity index (χ0) is 10.3. The van der Waals surface area contributed by atoms with Crippen molar-refractivity contribution in [1.29, 1.82) is 0 Å². The minimum Gasteiger partial charge on any atom is -0.358 e. The predicted octanol–water partition coefficient (Wildman–Crippen LogP) is 2.45. The van der Waals surface area contributed by atoms with Gasteiger partial charge in [0.25, 0.3) is 0 Å². The lowest BCUT2D eigenvalue weighted by molar-refractivity contribution is 1.23. The van der Waals surface area contributed by atoms with Crippen LogP contribution in [0.2, 0.25) is 0 Å². The van der Waals surface area contributed by atoms with E-state index in [2.05, 4.69) is 4.98 Å². The van der Waals surface area contributed by atoms with Crippen LogP contribution in [0.3, 0.4) is 0 Å². The van der Waals surface area contributed by atoms with Gasteiger partial charge in [0.1, 0.15) is 0 Å². The SMILES string of the molecule is Cc1cc(C)c2c(=O)cc(C)[nH]c2c1. The average Bonchev–Trinajstić information content (AvgIpc) is 1.99. The highest BCUT2D eigenvalue weighted by Crippen LogP contribution is 2.15. The molecule has 0 atom stereocenters. The summed E-state index contributed by atoms with van der Waals surface area (Å²) in [6, 6.07) is 5.69. The van der Waals surface area contributed by atoms with Gasteiger partial charge in [-0.25, -0.2) is 0 Å². The van der Waals surface area contributed by atoms with Crippen molar-refractivity contribution in [2.75, 3.05) is 0 Å². The first-order chi connectivity index (χ1) is 6.58. The van der Waals surface area contributed by atoms with E-state index in [9.17, 15) is 4.79 Å². The summed E-state index contributed by atoms with van der Waals surface area (Å²) in [6.45, 7) is 5.91. The topological polar surface area (TPSA) is 32.9 Å². The summed E-state index contributed by atoms with van der Waals surface area (Å²) in [4.78, 5) is 14.9. The highest BCUT2D eigenvalue weighted by Gasteiger charge is 2.03. The molecule has 0 unspecified atom stereocenters. The van der Waals surface area contributed by atoms with Gasteiger partial charge < -0.3 is 4.98 Å². The van der Waals surface area contributed by atoms with Gasteiger partial charge in [0.2, 0.25) is 0 Å². The number of hydrogen-bond donors (Lipinski definition) is 1.